The number of rotatable bonds is 7. The molecule has 1 fully saturated rings. The molecule has 2 aromatic rings. The molecule has 0 saturated carbocycles. The van der Waals surface area contributed by atoms with Crippen LogP contribution in [-0.2, 0) is 22.6 Å². The lowest BCUT2D eigenvalue weighted by Crippen LogP contribution is -2.34. The van der Waals surface area contributed by atoms with Gasteiger partial charge < -0.3 is 5.32 Å². The van der Waals surface area contributed by atoms with Gasteiger partial charge in [0.1, 0.15) is 11.9 Å². The lowest BCUT2D eigenvalue weighted by atomic mass is 10.1. The van der Waals surface area contributed by atoms with Crippen molar-refractivity contribution in [3.05, 3.63) is 41.7 Å². The number of carbonyl (C=O) groups is 3. The van der Waals surface area contributed by atoms with E-state index in [4.69, 9.17) is 0 Å². The van der Waals surface area contributed by atoms with Crippen molar-refractivity contribution in [2.45, 2.75) is 39.3 Å². The molecule has 1 aromatic heterocycles. The Labute approximate surface area is 156 Å². The van der Waals surface area contributed by atoms with Crippen molar-refractivity contribution >= 4 is 23.8 Å². The summed E-state index contributed by atoms with van der Waals surface area (Å²) in [5.74, 6) is 0.386. The maximum Gasteiger partial charge on any atom is 0.325 e. The first-order chi connectivity index (χ1) is 12.9. The molecular formula is C18H22N6O3. The first-order valence-corrected chi connectivity index (χ1v) is 8.79. The minimum Gasteiger partial charge on any atom is -0.325 e. The average molecular weight is 370 g/mol. The van der Waals surface area contributed by atoms with E-state index < -0.39 is 23.9 Å². The van der Waals surface area contributed by atoms with Crippen LogP contribution in [0.2, 0.25) is 0 Å². The SMILES string of the molecule is CC(C)Cc1nc(NC(=O)C[C@@H]2NC(=O)N(Cc3ccccc3)C2=O)n[nH]1. The van der Waals surface area contributed by atoms with Gasteiger partial charge in [0.15, 0.2) is 0 Å². The highest BCUT2D eigenvalue weighted by Crippen LogP contribution is 2.14. The Morgan fingerprint density at radius 3 is 2.70 bits per heavy atom. The molecule has 1 aromatic carbocycles. The van der Waals surface area contributed by atoms with E-state index in [0.717, 1.165) is 10.5 Å². The van der Waals surface area contributed by atoms with Crippen LogP contribution >= 0.6 is 0 Å². The molecule has 3 rings (SSSR count). The number of hydrogen-bond acceptors (Lipinski definition) is 5. The number of hydrogen-bond donors (Lipinski definition) is 3. The molecule has 27 heavy (non-hydrogen) atoms. The first-order valence-electron chi connectivity index (χ1n) is 8.79. The van der Waals surface area contributed by atoms with Gasteiger partial charge in [0.05, 0.1) is 13.0 Å². The van der Waals surface area contributed by atoms with Gasteiger partial charge in [0.2, 0.25) is 11.9 Å². The van der Waals surface area contributed by atoms with E-state index in [1.54, 1.807) is 0 Å². The molecule has 0 unspecified atom stereocenters. The molecule has 142 valence electrons. The highest BCUT2D eigenvalue weighted by atomic mass is 16.2. The number of nitrogens with zero attached hydrogens (tertiary/aromatic N) is 3. The average Bonchev–Trinajstić information content (AvgIpc) is 3.14. The smallest absolute Gasteiger partial charge is 0.325 e. The van der Waals surface area contributed by atoms with Crippen LogP contribution in [0, 0.1) is 5.92 Å². The molecule has 2 heterocycles. The molecule has 0 aliphatic carbocycles. The van der Waals surface area contributed by atoms with Crippen LogP contribution in [0.15, 0.2) is 30.3 Å². The second kappa shape index (κ2) is 7.98. The molecule has 1 atom stereocenters. The van der Waals surface area contributed by atoms with Gasteiger partial charge in [-0.15, -0.1) is 5.10 Å². The predicted octanol–water partition coefficient (Wildman–Crippen LogP) is 1.45. The summed E-state index contributed by atoms with van der Waals surface area (Å²) in [6.07, 6.45) is 0.540. The summed E-state index contributed by atoms with van der Waals surface area (Å²) in [6, 6.07) is 7.80. The van der Waals surface area contributed by atoms with E-state index in [1.807, 2.05) is 30.3 Å². The highest BCUT2D eigenvalue weighted by molar-refractivity contribution is 6.06. The minimum atomic E-state index is -0.893. The molecule has 0 bridgehead atoms. The van der Waals surface area contributed by atoms with Gasteiger partial charge in [-0.05, 0) is 11.5 Å². The summed E-state index contributed by atoms with van der Waals surface area (Å²) in [5.41, 5.74) is 0.838. The van der Waals surface area contributed by atoms with Crippen molar-refractivity contribution in [1.29, 1.82) is 0 Å². The molecule has 1 saturated heterocycles. The number of benzene rings is 1. The van der Waals surface area contributed by atoms with Crippen molar-refractivity contribution in [2.75, 3.05) is 5.32 Å². The summed E-state index contributed by atoms with van der Waals surface area (Å²) in [7, 11) is 0. The normalized spacial score (nSPS) is 16.7. The number of anilines is 1. The third-order valence-corrected chi connectivity index (χ3v) is 4.06. The van der Waals surface area contributed by atoms with Crippen molar-refractivity contribution in [3.8, 4) is 0 Å². The van der Waals surface area contributed by atoms with Crippen molar-refractivity contribution in [1.82, 2.24) is 25.4 Å². The largest absolute Gasteiger partial charge is 0.325 e. The summed E-state index contributed by atoms with van der Waals surface area (Å²) in [6.45, 7) is 4.27. The van der Waals surface area contributed by atoms with Crippen molar-refractivity contribution in [3.63, 3.8) is 0 Å². The number of carbonyl (C=O) groups excluding carboxylic acids is 3. The van der Waals surface area contributed by atoms with Crippen LogP contribution in [-0.4, -0.2) is 44.0 Å². The standard InChI is InChI=1S/C18H22N6O3/c1-11(2)8-14-20-17(23-22-14)21-15(25)9-13-16(26)24(18(27)19-13)10-12-6-4-3-5-7-12/h3-7,11,13H,8-10H2,1-2H3,(H,19,27)(H2,20,21,22,23,25)/t13-/m0/s1. The number of urea groups is 1. The zero-order valence-corrected chi connectivity index (χ0v) is 15.2. The number of aromatic amines is 1. The second-order valence-electron chi connectivity index (χ2n) is 6.87. The molecule has 9 heteroatoms. The van der Waals surface area contributed by atoms with E-state index in [1.165, 1.54) is 0 Å². The Morgan fingerprint density at radius 2 is 2.00 bits per heavy atom. The van der Waals surface area contributed by atoms with Gasteiger partial charge in [0.25, 0.3) is 5.91 Å². The zero-order valence-electron chi connectivity index (χ0n) is 15.2. The second-order valence-corrected chi connectivity index (χ2v) is 6.87. The Kier molecular flexibility index (Phi) is 5.49. The molecule has 9 nitrogen and oxygen atoms in total. The van der Waals surface area contributed by atoms with E-state index in [2.05, 4.69) is 39.7 Å². The predicted molar refractivity (Wildman–Crippen MR) is 97.5 cm³/mol. The molecule has 3 N–H and O–H groups in total. The lowest BCUT2D eigenvalue weighted by molar-refractivity contribution is -0.130. The maximum absolute atomic E-state index is 12.5. The van der Waals surface area contributed by atoms with Crippen LogP contribution < -0.4 is 10.6 Å². The monoisotopic (exact) mass is 370 g/mol. The number of nitrogens with one attached hydrogen (secondary N) is 3. The molecule has 1 aliphatic heterocycles. The topological polar surface area (TPSA) is 120 Å². The summed E-state index contributed by atoms with van der Waals surface area (Å²) in [5, 5.41) is 11.8. The van der Waals surface area contributed by atoms with E-state index in [0.29, 0.717) is 18.2 Å². The van der Waals surface area contributed by atoms with Crippen LogP contribution in [0.25, 0.3) is 0 Å². The fourth-order valence-corrected chi connectivity index (χ4v) is 2.82. The molecule has 0 spiro atoms. The molecule has 4 amide bonds. The van der Waals surface area contributed by atoms with Crippen molar-refractivity contribution < 1.29 is 14.4 Å². The Morgan fingerprint density at radius 1 is 1.26 bits per heavy atom. The van der Waals surface area contributed by atoms with Crippen molar-refractivity contribution in [2.24, 2.45) is 5.92 Å². The van der Waals surface area contributed by atoms with Crippen LogP contribution in [0.1, 0.15) is 31.7 Å². The van der Waals surface area contributed by atoms with Gasteiger partial charge >= 0.3 is 6.03 Å². The van der Waals surface area contributed by atoms with Crippen LogP contribution in [0.4, 0.5) is 10.7 Å². The fourth-order valence-electron chi connectivity index (χ4n) is 2.82. The van der Waals surface area contributed by atoms with Gasteiger partial charge in [0, 0.05) is 6.42 Å². The van der Waals surface area contributed by atoms with Gasteiger partial charge in [-0.3, -0.25) is 24.9 Å². The highest BCUT2D eigenvalue weighted by Gasteiger charge is 2.39. The van der Waals surface area contributed by atoms with Gasteiger partial charge in [-0.25, -0.2) is 4.79 Å². The lowest BCUT2D eigenvalue weighted by Gasteiger charge is -2.12. The fraction of sp³-hybridized carbons (Fsp3) is 0.389. The summed E-state index contributed by atoms with van der Waals surface area (Å²) >= 11 is 0. The van der Waals surface area contributed by atoms with Crippen LogP contribution in [0.5, 0.6) is 0 Å². The van der Waals surface area contributed by atoms with E-state index in [-0.39, 0.29) is 18.9 Å². The van der Waals surface area contributed by atoms with E-state index in [9.17, 15) is 14.4 Å². The molecule has 0 radical (unpaired) electrons. The Hall–Kier alpha value is -3.23. The number of H-pyrrole nitrogens is 1. The molecule has 1 aliphatic rings. The zero-order chi connectivity index (χ0) is 19.4. The van der Waals surface area contributed by atoms with Gasteiger partial charge in [-0.1, -0.05) is 44.2 Å². The summed E-state index contributed by atoms with van der Waals surface area (Å²) < 4.78 is 0. The quantitative estimate of drug-likeness (QED) is 0.637. The third-order valence-electron chi connectivity index (χ3n) is 4.06. The Balaban J connectivity index is 1.56. The number of amides is 4. The number of aromatic nitrogens is 3. The number of imide groups is 1. The van der Waals surface area contributed by atoms with Crippen LogP contribution in [0.3, 0.4) is 0 Å². The Bertz CT molecular complexity index is 833. The minimum absolute atomic E-state index is 0.161. The maximum atomic E-state index is 12.5. The molecular weight excluding hydrogens is 348 g/mol. The first kappa shape index (κ1) is 18.6. The summed E-state index contributed by atoms with van der Waals surface area (Å²) in [4.78, 5) is 42.0. The third kappa shape index (κ3) is 4.69. The van der Waals surface area contributed by atoms with E-state index >= 15 is 0 Å². The van der Waals surface area contributed by atoms with Gasteiger partial charge in [-0.2, -0.15) is 4.98 Å².